The fraction of sp³-hybridized carbons (Fsp3) is 1.00. The maximum absolute atomic E-state index is 5.40. The van der Waals surface area contributed by atoms with Crippen molar-refractivity contribution in [1.82, 2.24) is 10.2 Å². The number of methoxy groups -OCH3 is 1. The molecule has 0 saturated heterocycles. The van der Waals surface area contributed by atoms with E-state index in [1.807, 2.05) is 0 Å². The minimum absolute atomic E-state index is 0.680. The normalized spacial score (nSPS) is 11.6. The van der Waals surface area contributed by atoms with Gasteiger partial charge in [0.1, 0.15) is 0 Å². The molecule has 0 rings (SSSR count). The third kappa shape index (κ3) is 11.9. The molecule has 0 heterocycles. The summed E-state index contributed by atoms with van der Waals surface area (Å²) in [5, 5.41) is 3.42. The Balaban J connectivity index is 3.15. The maximum Gasteiger partial charge on any atom is 0.0700 e. The van der Waals surface area contributed by atoms with Crippen molar-refractivity contribution in [3.63, 3.8) is 0 Å². The highest BCUT2D eigenvalue weighted by molar-refractivity contribution is 4.56. The van der Waals surface area contributed by atoms with Crippen LogP contribution in [0.1, 0.15) is 13.8 Å². The minimum atomic E-state index is 0.680. The lowest BCUT2D eigenvalue weighted by atomic mass is 10.2. The van der Waals surface area contributed by atoms with Gasteiger partial charge in [-0.2, -0.15) is 0 Å². The standard InChI is InChI=1S/C12H28N2O2/c1-12(2)11-13-5-6-14(3)7-8-16-10-9-15-4/h12-13H,5-11H2,1-4H3. The first kappa shape index (κ1) is 15.8. The molecule has 16 heavy (non-hydrogen) atoms. The Labute approximate surface area is 100 Å². The van der Waals surface area contributed by atoms with Crippen LogP contribution in [0.3, 0.4) is 0 Å². The van der Waals surface area contributed by atoms with Crippen molar-refractivity contribution in [2.45, 2.75) is 13.8 Å². The molecule has 1 N–H and O–H groups in total. The van der Waals surface area contributed by atoms with Gasteiger partial charge in [0.2, 0.25) is 0 Å². The van der Waals surface area contributed by atoms with Crippen molar-refractivity contribution in [3.8, 4) is 0 Å². The van der Waals surface area contributed by atoms with Crippen LogP contribution in [0.4, 0.5) is 0 Å². The van der Waals surface area contributed by atoms with Crippen molar-refractivity contribution in [3.05, 3.63) is 0 Å². The summed E-state index contributed by atoms with van der Waals surface area (Å²) in [6.07, 6.45) is 0. The molecule has 98 valence electrons. The number of nitrogens with zero attached hydrogens (tertiary/aromatic N) is 1. The molecule has 0 saturated carbocycles. The lowest BCUT2D eigenvalue weighted by molar-refractivity contribution is 0.0607. The van der Waals surface area contributed by atoms with Gasteiger partial charge in [0.05, 0.1) is 19.8 Å². The van der Waals surface area contributed by atoms with Crippen LogP contribution in [0.25, 0.3) is 0 Å². The van der Waals surface area contributed by atoms with E-state index in [0.29, 0.717) is 13.2 Å². The summed E-state index contributed by atoms with van der Waals surface area (Å²) < 4.78 is 10.3. The molecule has 4 nitrogen and oxygen atoms in total. The van der Waals surface area contributed by atoms with E-state index < -0.39 is 0 Å². The van der Waals surface area contributed by atoms with Crippen LogP contribution >= 0.6 is 0 Å². The second-order valence-electron chi connectivity index (χ2n) is 4.51. The van der Waals surface area contributed by atoms with E-state index in [1.165, 1.54) is 0 Å². The summed E-state index contributed by atoms with van der Waals surface area (Å²) in [5.41, 5.74) is 0. The van der Waals surface area contributed by atoms with Gasteiger partial charge in [-0.1, -0.05) is 13.8 Å². The Hall–Kier alpha value is -0.160. The van der Waals surface area contributed by atoms with E-state index in [4.69, 9.17) is 9.47 Å². The zero-order chi connectivity index (χ0) is 12.2. The summed E-state index contributed by atoms with van der Waals surface area (Å²) in [4.78, 5) is 2.28. The average Bonchev–Trinajstić information content (AvgIpc) is 2.24. The molecule has 0 aromatic heterocycles. The topological polar surface area (TPSA) is 33.7 Å². The molecule has 0 bridgehead atoms. The number of hydrogen-bond donors (Lipinski definition) is 1. The Morgan fingerprint density at radius 3 is 2.50 bits per heavy atom. The van der Waals surface area contributed by atoms with Crippen LogP contribution in [-0.2, 0) is 9.47 Å². The number of ether oxygens (including phenoxy) is 2. The predicted molar refractivity (Wildman–Crippen MR) is 67.9 cm³/mol. The second-order valence-corrected chi connectivity index (χ2v) is 4.51. The zero-order valence-electron chi connectivity index (χ0n) is 11.3. The predicted octanol–water partition coefficient (Wildman–Crippen LogP) is 0.827. The smallest absolute Gasteiger partial charge is 0.0700 e. The molecule has 4 heteroatoms. The number of nitrogens with one attached hydrogen (secondary N) is 1. The molecule has 0 spiro atoms. The van der Waals surface area contributed by atoms with Crippen molar-refractivity contribution in [2.75, 3.05) is 60.2 Å². The summed E-state index contributed by atoms with van der Waals surface area (Å²) in [7, 11) is 3.81. The third-order valence-electron chi connectivity index (χ3n) is 2.27. The molecule has 0 atom stereocenters. The molecular weight excluding hydrogens is 204 g/mol. The van der Waals surface area contributed by atoms with Gasteiger partial charge >= 0.3 is 0 Å². The molecule has 0 aromatic rings. The van der Waals surface area contributed by atoms with Gasteiger partial charge in [-0.3, -0.25) is 0 Å². The summed E-state index contributed by atoms with van der Waals surface area (Å²) in [6.45, 7) is 10.8. The number of rotatable bonds is 11. The SMILES string of the molecule is COCCOCCN(C)CCNCC(C)C. The van der Waals surface area contributed by atoms with Gasteiger partial charge in [0.15, 0.2) is 0 Å². The molecule has 0 unspecified atom stereocenters. The molecule has 0 radical (unpaired) electrons. The summed E-state index contributed by atoms with van der Waals surface area (Å²) >= 11 is 0. The molecular formula is C12H28N2O2. The van der Waals surface area contributed by atoms with Crippen LogP contribution in [-0.4, -0.2) is 65.1 Å². The summed E-state index contributed by atoms with van der Waals surface area (Å²) in [5.74, 6) is 0.725. The fourth-order valence-corrected chi connectivity index (χ4v) is 1.24. The van der Waals surface area contributed by atoms with Crippen LogP contribution in [0, 0.1) is 5.92 Å². The quantitative estimate of drug-likeness (QED) is 0.535. The Morgan fingerprint density at radius 1 is 1.12 bits per heavy atom. The van der Waals surface area contributed by atoms with E-state index >= 15 is 0 Å². The van der Waals surface area contributed by atoms with E-state index in [2.05, 4.69) is 31.1 Å². The van der Waals surface area contributed by atoms with Crippen molar-refractivity contribution < 1.29 is 9.47 Å². The highest BCUT2D eigenvalue weighted by atomic mass is 16.5. The van der Waals surface area contributed by atoms with E-state index in [0.717, 1.165) is 38.7 Å². The van der Waals surface area contributed by atoms with E-state index in [1.54, 1.807) is 7.11 Å². The second kappa shape index (κ2) is 11.3. The van der Waals surface area contributed by atoms with Gasteiger partial charge in [-0.15, -0.1) is 0 Å². The Bertz CT molecular complexity index is 143. The third-order valence-corrected chi connectivity index (χ3v) is 2.27. The molecule has 0 aliphatic rings. The van der Waals surface area contributed by atoms with E-state index in [-0.39, 0.29) is 0 Å². The van der Waals surface area contributed by atoms with Gasteiger partial charge in [0, 0.05) is 26.7 Å². The van der Waals surface area contributed by atoms with Crippen molar-refractivity contribution in [1.29, 1.82) is 0 Å². The van der Waals surface area contributed by atoms with Crippen molar-refractivity contribution in [2.24, 2.45) is 5.92 Å². The monoisotopic (exact) mass is 232 g/mol. The highest BCUT2D eigenvalue weighted by Gasteiger charge is 1.98. The number of likely N-dealkylation sites (N-methyl/N-ethyl adjacent to an activating group) is 1. The minimum Gasteiger partial charge on any atom is -0.382 e. The highest BCUT2D eigenvalue weighted by Crippen LogP contribution is 1.87. The number of hydrogen-bond acceptors (Lipinski definition) is 4. The van der Waals surface area contributed by atoms with Crippen LogP contribution in [0.15, 0.2) is 0 Å². The van der Waals surface area contributed by atoms with E-state index in [9.17, 15) is 0 Å². The van der Waals surface area contributed by atoms with Crippen LogP contribution in [0.2, 0.25) is 0 Å². The molecule has 0 fully saturated rings. The molecule has 0 aromatic carbocycles. The van der Waals surface area contributed by atoms with Crippen molar-refractivity contribution >= 4 is 0 Å². The van der Waals surface area contributed by atoms with Crippen LogP contribution < -0.4 is 5.32 Å². The Morgan fingerprint density at radius 2 is 1.88 bits per heavy atom. The molecule has 0 amide bonds. The first-order chi connectivity index (χ1) is 7.66. The first-order valence-corrected chi connectivity index (χ1v) is 6.12. The lowest BCUT2D eigenvalue weighted by Crippen LogP contribution is -2.33. The molecule has 0 aliphatic carbocycles. The zero-order valence-corrected chi connectivity index (χ0v) is 11.3. The van der Waals surface area contributed by atoms with Gasteiger partial charge < -0.3 is 19.7 Å². The first-order valence-electron chi connectivity index (χ1n) is 6.12. The summed E-state index contributed by atoms with van der Waals surface area (Å²) in [6, 6.07) is 0. The van der Waals surface area contributed by atoms with Gasteiger partial charge in [0.25, 0.3) is 0 Å². The lowest BCUT2D eigenvalue weighted by Gasteiger charge is -2.17. The molecule has 0 aliphatic heterocycles. The van der Waals surface area contributed by atoms with Gasteiger partial charge in [-0.25, -0.2) is 0 Å². The van der Waals surface area contributed by atoms with Crippen LogP contribution in [0.5, 0.6) is 0 Å². The fourth-order valence-electron chi connectivity index (χ4n) is 1.24. The largest absolute Gasteiger partial charge is 0.382 e. The average molecular weight is 232 g/mol. The van der Waals surface area contributed by atoms with Gasteiger partial charge in [-0.05, 0) is 19.5 Å². The Kier molecular flexibility index (Phi) is 11.2. The maximum atomic E-state index is 5.40.